The first-order chi connectivity index (χ1) is 9.11. The Morgan fingerprint density at radius 3 is 3.11 bits per heavy atom. The predicted molar refractivity (Wildman–Crippen MR) is 70.5 cm³/mol. The van der Waals surface area contributed by atoms with Gasteiger partial charge in [-0.1, -0.05) is 6.07 Å². The number of nitrogens with one attached hydrogen (secondary N) is 1. The molecule has 0 spiro atoms. The third-order valence-corrected chi connectivity index (χ3v) is 3.82. The van der Waals surface area contributed by atoms with Gasteiger partial charge in [0.1, 0.15) is 5.66 Å². The molecule has 4 N–H and O–H groups in total. The number of carbonyl (C=O) groups is 1. The number of carboxylic acid groups (broad SMARTS) is 1. The fourth-order valence-electron chi connectivity index (χ4n) is 2.77. The first kappa shape index (κ1) is 12.0. The smallest absolute Gasteiger partial charge is 0.409 e. The van der Waals surface area contributed by atoms with Crippen LogP contribution in [0.5, 0.6) is 0 Å². The summed E-state index contributed by atoms with van der Waals surface area (Å²) in [5, 5.41) is 9.33. The molecule has 3 rings (SSSR count). The average Bonchev–Trinajstić information content (AvgIpc) is 2.86. The molecule has 2 heterocycles. The second kappa shape index (κ2) is 4.24. The van der Waals surface area contributed by atoms with Gasteiger partial charge in [0.2, 0.25) is 0 Å². The van der Waals surface area contributed by atoms with Crippen molar-refractivity contribution in [1.29, 1.82) is 0 Å². The Kier molecular flexibility index (Phi) is 2.67. The fraction of sp³-hybridized carbons (Fsp3) is 0.385. The van der Waals surface area contributed by atoms with E-state index in [1.54, 1.807) is 6.33 Å². The number of piperidine rings is 1. The molecular formula is C13H16N4O2. The fourth-order valence-corrected chi connectivity index (χ4v) is 2.77. The van der Waals surface area contributed by atoms with Crippen LogP contribution in [0.1, 0.15) is 24.8 Å². The molecule has 1 unspecified atom stereocenters. The number of H-pyrrole nitrogens is 1. The van der Waals surface area contributed by atoms with Gasteiger partial charge < -0.3 is 15.8 Å². The van der Waals surface area contributed by atoms with E-state index >= 15 is 0 Å². The maximum atomic E-state index is 11.4. The minimum atomic E-state index is -0.968. The first-order valence-electron chi connectivity index (χ1n) is 6.34. The normalized spacial score (nSPS) is 23.7. The van der Waals surface area contributed by atoms with Crippen LogP contribution in [0.2, 0.25) is 0 Å². The Morgan fingerprint density at radius 2 is 2.32 bits per heavy atom. The summed E-state index contributed by atoms with van der Waals surface area (Å²) < 4.78 is 0. The maximum Gasteiger partial charge on any atom is 0.409 e. The summed E-state index contributed by atoms with van der Waals surface area (Å²) in [5.74, 6) is 0. The topological polar surface area (TPSA) is 95.2 Å². The Morgan fingerprint density at radius 1 is 1.47 bits per heavy atom. The summed E-state index contributed by atoms with van der Waals surface area (Å²) in [4.78, 5) is 19.9. The largest absolute Gasteiger partial charge is 0.465 e. The summed E-state index contributed by atoms with van der Waals surface area (Å²) in [6.07, 6.45) is 3.07. The van der Waals surface area contributed by atoms with Crippen LogP contribution in [0.15, 0.2) is 24.5 Å². The van der Waals surface area contributed by atoms with Gasteiger partial charge in [-0.25, -0.2) is 9.78 Å². The van der Waals surface area contributed by atoms with Crippen LogP contribution >= 0.6 is 0 Å². The lowest BCUT2D eigenvalue weighted by Gasteiger charge is -2.43. The molecule has 1 aliphatic rings. The minimum absolute atomic E-state index is 0.477. The molecule has 6 nitrogen and oxygen atoms in total. The number of nitrogens with zero attached hydrogens (tertiary/aromatic N) is 2. The third-order valence-electron chi connectivity index (χ3n) is 3.82. The Balaban J connectivity index is 2.07. The standard InChI is InChI=1S/C13H16N4O2/c14-13(5-1-2-6-17(13)12(18)19)9-3-4-10-11(7-9)16-8-15-10/h3-4,7-8H,1-2,5-6,14H2,(H,15,16)(H,18,19). The van der Waals surface area contributed by atoms with Crippen LogP contribution in [-0.4, -0.2) is 32.6 Å². The van der Waals surface area contributed by atoms with Crippen molar-refractivity contribution in [3.63, 3.8) is 0 Å². The maximum absolute atomic E-state index is 11.4. The van der Waals surface area contributed by atoms with E-state index < -0.39 is 11.8 Å². The van der Waals surface area contributed by atoms with Gasteiger partial charge in [-0.3, -0.25) is 4.90 Å². The van der Waals surface area contributed by atoms with Gasteiger partial charge in [0.15, 0.2) is 0 Å². The van der Waals surface area contributed by atoms with E-state index in [0.717, 1.165) is 29.4 Å². The second-order valence-electron chi connectivity index (χ2n) is 4.95. The number of rotatable bonds is 1. The molecule has 1 aliphatic heterocycles. The Labute approximate surface area is 110 Å². The highest BCUT2D eigenvalue weighted by Gasteiger charge is 2.39. The number of hydrogen-bond acceptors (Lipinski definition) is 3. The lowest BCUT2D eigenvalue weighted by Crippen LogP contribution is -2.57. The van der Waals surface area contributed by atoms with Crippen LogP contribution in [0, 0.1) is 0 Å². The molecule has 19 heavy (non-hydrogen) atoms. The zero-order chi connectivity index (χ0) is 13.5. The highest BCUT2D eigenvalue weighted by Crippen LogP contribution is 2.34. The quantitative estimate of drug-likeness (QED) is 0.729. The number of fused-ring (bicyclic) bond motifs is 1. The van der Waals surface area contributed by atoms with Gasteiger partial charge in [-0.15, -0.1) is 0 Å². The van der Waals surface area contributed by atoms with Crippen molar-refractivity contribution >= 4 is 17.1 Å². The molecule has 1 aromatic heterocycles. The van der Waals surface area contributed by atoms with Crippen LogP contribution in [0.4, 0.5) is 4.79 Å². The zero-order valence-corrected chi connectivity index (χ0v) is 10.5. The molecule has 1 fully saturated rings. The molecule has 0 bridgehead atoms. The Hall–Kier alpha value is -2.08. The average molecular weight is 260 g/mol. The van der Waals surface area contributed by atoms with Crippen molar-refractivity contribution in [3.8, 4) is 0 Å². The summed E-state index contributed by atoms with van der Waals surface area (Å²) in [6, 6.07) is 5.63. The lowest BCUT2D eigenvalue weighted by molar-refractivity contribution is 0.0484. The summed E-state index contributed by atoms with van der Waals surface area (Å²) in [6.45, 7) is 0.477. The highest BCUT2D eigenvalue weighted by atomic mass is 16.4. The van der Waals surface area contributed by atoms with Crippen LogP contribution < -0.4 is 5.73 Å². The molecule has 1 aromatic carbocycles. The molecule has 0 aliphatic carbocycles. The van der Waals surface area contributed by atoms with Crippen LogP contribution in [0.25, 0.3) is 11.0 Å². The van der Waals surface area contributed by atoms with Gasteiger partial charge in [-0.2, -0.15) is 0 Å². The van der Waals surface area contributed by atoms with Crippen molar-refractivity contribution in [3.05, 3.63) is 30.1 Å². The van der Waals surface area contributed by atoms with E-state index in [9.17, 15) is 9.90 Å². The molecular weight excluding hydrogens is 244 g/mol. The summed E-state index contributed by atoms with van der Waals surface area (Å²) in [7, 11) is 0. The second-order valence-corrected chi connectivity index (χ2v) is 4.95. The zero-order valence-electron chi connectivity index (χ0n) is 10.5. The highest BCUT2D eigenvalue weighted by molar-refractivity contribution is 5.76. The van der Waals surface area contributed by atoms with E-state index in [-0.39, 0.29) is 0 Å². The summed E-state index contributed by atoms with van der Waals surface area (Å²) >= 11 is 0. The molecule has 0 radical (unpaired) electrons. The van der Waals surface area contributed by atoms with E-state index in [1.165, 1.54) is 4.90 Å². The molecule has 2 aromatic rings. The van der Waals surface area contributed by atoms with E-state index in [0.29, 0.717) is 13.0 Å². The summed E-state index contributed by atoms with van der Waals surface area (Å²) in [5.41, 5.74) is 7.97. The SMILES string of the molecule is NC1(c2ccc3[nH]cnc3c2)CCCCN1C(=O)O. The molecule has 6 heteroatoms. The van der Waals surface area contributed by atoms with Crippen LogP contribution in [-0.2, 0) is 5.66 Å². The van der Waals surface area contributed by atoms with E-state index in [2.05, 4.69) is 9.97 Å². The Bertz CT molecular complexity index is 624. The predicted octanol–water partition coefficient (Wildman–Crippen LogP) is 1.84. The molecule has 100 valence electrons. The minimum Gasteiger partial charge on any atom is -0.465 e. The van der Waals surface area contributed by atoms with Gasteiger partial charge in [-0.05, 0) is 37.0 Å². The van der Waals surface area contributed by atoms with Crippen molar-refractivity contribution in [2.45, 2.75) is 24.9 Å². The lowest BCUT2D eigenvalue weighted by atomic mass is 9.89. The van der Waals surface area contributed by atoms with E-state index in [1.807, 2.05) is 18.2 Å². The van der Waals surface area contributed by atoms with Crippen molar-refractivity contribution in [1.82, 2.24) is 14.9 Å². The van der Waals surface area contributed by atoms with Gasteiger partial charge >= 0.3 is 6.09 Å². The van der Waals surface area contributed by atoms with Gasteiger partial charge in [0.25, 0.3) is 0 Å². The van der Waals surface area contributed by atoms with Crippen LogP contribution in [0.3, 0.4) is 0 Å². The molecule has 0 saturated carbocycles. The number of likely N-dealkylation sites (tertiary alicyclic amines) is 1. The number of amides is 1. The third kappa shape index (κ3) is 1.84. The molecule has 1 atom stereocenters. The number of aromatic amines is 1. The number of nitrogens with two attached hydrogens (primary N) is 1. The van der Waals surface area contributed by atoms with Gasteiger partial charge in [0, 0.05) is 6.54 Å². The van der Waals surface area contributed by atoms with Crippen molar-refractivity contribution in [2.24, 2.45) is 5.73 Å². The first-order valence-corrected chi connectivity index (χ1v) is 6.34. The number of hydrogen-bond donors (Lipinski definition) is 3. The number of benzene rings is 1. The monoisotopic (exact) mass is 260 g/mol. The van der Waals surface area contributed by atoms with E-state index in [4.69, 9.17) is 5.73 Å². The molecule has 1 saturated heterocycles. The van der Waals surface area contributed by atoms with Gasteiger partial charge in [0.05, 0.1) is 17.4 Å². The molecule has 1 amide bonds. The number of aromatic nitrogens is 2. The van der Waals surface area contributed by atoms with Crippen molar-refractivity contribution in [2.75, 3.05) is 6.54 Å². The number of imidazole rings is 1. The van der Waals surface area contributed by atoms with Crippen molar-refractivity contribution < 1.29 is 9.90 Å².